The van der Waals surface area contributed by atoms with E-state index in [-0.39, 0.29) is 6.42 Å². The average molecular weight is 1240 g/mol. The number of hydrogen-bond acceptors (Lipinski definition) is 15. The highest BCUT2D eigenvalue weighted by atomic mass is 32.1. The Morgan fingerprint density at radius 1 is 0.557 bits per heavy atom. The first-order chi connectivity index (χ1) is 41.7. The number of rotatable bonds is 4. The van der Waals surface area contributed by atoms with Crippen molar-refractivity contribution in [3.63, 3.8) is 0 Å². The summed E-state index contributed by atoms with van der Waals surface area (Å²) in [5.41, 5.74) is 13.0. The van der Waals surface area contributed by atoms with Gasteiger partial charge >= 0.3 is 5.97 Å². The molecular weight excluding hydrogens is 1140 g/mol. The fourth-order valence-corrected chi connectivity index (χ4v) is 14.5. The molecule has 0 unspecified atom stereocenters. The molecule has 0 spiro atoms. The molecule has 6 aliphatic rings. The fourth-order valence-electron chi connectivity index (χ4n) is 12.5. The van der Waals surface area contributed by atoms with Gasteiger partial charge in [0.2, 0.25) is 0 Å². The van der Waals surface area contributed by atoms with Gasteiger partial charge < -0.3 is 35.0 Å². The number of fused-ring (bicyclic) bond motifs is 13. The van der Waals surface area contributed by atoms with E-state index >= 15 is 0 Å². The number of carbonyl (C=O) groups excluding carboxylic acids is 1. The third kappa shape index (κ3) is 17.5. The van der Waals surface area contributed by atoms with Gasteiger partial charge in [0.15, 0.2) is 11.3 Å². The molecule has 16 nitrogen and oxygen atoms in total. The van der Waals surface area contributed by atoms with E-state index in [1.54, 1.807) is 41.5 Å². The first-order valence-electron chi connectivity index (χ1n) is 31.7. The van der Waals surface area contributed by atoms with Gasteiger partial charge in [-0.25, -0.2) is 19.9 Å². The van der Waals surface area contributed by atoms with Crippen LogP contribution in [-0.4, -0.2) is 116 Å². The molecule has 2 fully saturated rings. The van der Waals surface area contributed by atoms with E-state index in [0.717, 1.165) is 179 Å². The number of thiazole rings is 2. The van der Waals surface area contributed by atoms with Crippen molar-refractivity contribution in [3.8, 4) is 45.0 Å². The molecule has 88 heavy (non-hydrogen) atoms. The van der Waals surface area contributed by atoms with Crippen LogP contribution in [0.2, 0.25) is 0 Å². The van der Waals surface area contributed by atoms with Crippen LogP contribution in [-0.2, 0) is 35.3 Å². The maximum Gasteiger partial charge on any atom is 0.308 e. The van der Waals surface area contributed by atoms with E-state index < -0.39 is 17.2 Å². The predicted octanol–water partition coefficient (Wildman–Crippen LogP) is 14.6. The lowest BCUT2D eigenvalue weighted by atomic mass is 9.76. The van der Waals surface area contributed by atoms with E-state index in [0.29, 0.717) is 17.3 Å². The van der Waals surface area contributed by atoms with Crippen molar-refractivity contribution in [1.82, 2.24) is 39.2 Å². The predicted molar refractivity (Wildman–Crippen MR) is 359 cm³/mol. The monoisotopic (exact) mass is 1240 g/mol. The van der Waals surface area contributed by atoms with Crippen LogP contribution < -0.4 is 9.80 Å². The Labute approximate surface area is 529 Å². The zero-order chi connectivity index (χ0) is 63.7. The molecule has 12 bridgehead atoms. The SMILES string of the molecule is CC(C)(C)O.CC(C)(C)O.CO.Cc1nc2c(s1)CCCCCC1(C)CCN(CC1)c1c(CC=O)c(C)nc3cc(nn13)-c1cccc-2c1.Cc1nc2c(s1)CCCCCCC1(C)CCN(CC1)c1c(CC(=O)O)c(C)nc3cc(nn13)-c1cccc-2c1. The molecule has 0 atom stereocenters. The second kappa shape index (κ2) is 29.0. The van der Waals surface area contributed by atoms with Gasteiger partial charge in [-0.05, 0) is 156 Å². The number of benzene rings is 2. The molecule has 0 aliphatic carbocycles. The van der Waals surface area contributed by atoms with Gasteiger partial charge in [-0.2, -0.15) is 19.2 Å². The van der Waals surface area contributed by atoms with Gasteiger partial charge in [0.25, 0.3) is 0 Å². The lowest BCUT2D eigenvalue weighted by Crippen LogP contribution is -2.40. The quantitative estimate of drug-likeness (QED) is 0.121. The molecule has 6 aromatic heterocycles. The molecule has 474 valence electrons. The lowest BCUT2D eigenvalue weighted by Gasteiger charge is -2.41. The Bertz CT molecular complexity index is 3640. The highest BCUT2D eigenvalue weighted by molar-refractivity contribution is 7.12. The Morgan fingerprint density at radius 2 is 0.932 bits per heavy atom. The number of piperidine rings is 2. The van der Waals surface area contributed by atoms with Crippen molar-refractivity contribution >= 4 is 57.9 Å². The summed E-state index contributed by atoms with van der Waals surface area (Å²) in [5.74, 6) is 1.08. The van der Waals surface area contributed by atoms with E-state index in [4.69, 9.17) is 45.5 Å². The molecule has 12 heterocycles. The Kier molecular flexibility index (Phi) is 22.3. The molecule has 2 aromatic carbocycles. The molecule has 4 N–H and O–H groups in total. The summed E-state index contributed by atoms with van der Waals surface area (Å²) in [6, 6.07) is 21.2. The second-order valence-corrected chi connectivity index (χ2v) is 29.7. The Balaban J connectivity index is 0.000000193. The fraction of sp³-hybridized carbons (Fsp3) is 0.543. The normalized spacial score (nSPS) is 16.6. The van der Waals surface area contributed by atoms with Crippen LogP contribution >= 0.6 is 22.7 Å². The third-order valence-corrected chi connectivity index (χ3v) is 19.1. The molecular formula is C70H96N10O6S2. The van der Waals surface area contributed by atoms with Crippen molar-refractivity contribution < 1.29 is 30.0 Å². The van der Waals surface area contributed by atoms with Crippen molar-refractivity contribution in [1.29, 1.82) is 0 Å². The standard InChI is InChI=1S/C31H37N5O2S.C30H35N5OS.2C4H10O.CH4O/c1-20-24(18-28(37)38)30-35-15-13-31(3,14-16-35)12-7-5-4-6-11-26-29(33-21(2)39-26)23-10-8-9-22(17-23)25-19-27(32-20)36(30)34-25;1-20-24(11-17-36)29-34-15-13-30(3,14-16-34)12-6-4-5-10-26-28(32-21(2)37-26)23-9-7-8-22(18-23)25-19-27(31-20)35(29)33-25;2*1-4(2,3)5;1-2/h8-10,17,19H,4-7,11-16,18H2,1-3H3,(H,37,38);7-9,17-19H,4-6,10-16H2,1-3H3;2*5H,1-3H3;2H,1H3. The van der Waals surface area contributed by atoms with Crippen LogP contribution in [0.3, 0.4) is 0 Å². The van der Waals surface area contributed by atoms with E-state index in [1.807, 2.05) is 51.6 Å². The molecule has 0 radical (unpaired) electrons. The number of aryl methyl sites for hydroxylation is 6. The van der Waals surface area contributed by atoms with E-state index in [1.165, 1.54) is 67.5 Å². The zero-order valence-corrected chi connectivity index (χ0v) is 56.2. The average Bonchev–Trinajstić information content (AvgIpc) is 2.50. The molecule has 8 aromatic rings. The molecule has 14 rings (SSSR count). The second-order valence-electron chi connectivity index (χ2n) is 27.1. The summed E-state index contributed by atoms with van der Waals surface area (Å²) >= 11 is 3.66. The number of hydrogen-bond donors (Lipinski definition) is 4. The van der Waals surface area contributed by atoms with Crippen LogP contribution in [0.1, 0.15) is 181 Å². The van der Waals surface area contributed by atoms with Crippen LogP contribution in [0.25, 0.3) is 56.3 Å². The summed E-state index contributed by atoms with van der Waals surface area (Å²) in [6.07, 6.45) is 19.2. The summed E-state index contributed by atoms with van der Waals surface area (Å²) < 4.78 is 3.88. The number of carboxylic acids is 1. The number of carboxylic acid groups (broad SMARTS) is 1. The summed E-state index contributed by atoms with van der Waals surface area (Å²) in [6.45, 7) is 27.3. The minimum absolute atomic E-state index is 0.0610. The number of aromatic nitrogens is 8. The smallest absolute Gasteiger partial charge is 0.308 e. The van der Waals surface area contributed by atoms with Crippen LogP contribution in [0, 0.1) is 38.5 Å². The topological polar surface area (TPSA) is 208 Å². The lowest BCUT2D eigenvalue weighted by molar-refractivity contribution is -0.136. The van der Waals surface area contributed by atoms with Gasteiger partial charge in [-0.3, -0.25) is 4.79 Å². The van der Waals surface area contributed by atoms with Crippen LogP contribution in [0.5, 0.6) is 0 Å². The Morgan fingerprint density at radius 3 is 1.34 bits per heavy atom. The third-order valence-electron chi connectivity index (χ3n) is 17.0. The number of aliphatic carboxylic acids is 1. The first kappa shape index (κ1) is 67.5. The van der Waals surface area contributed by atoms with E-state index in [2.05, 4.69) is 92.1 Å². The van der Waals surface area contributed by atoms with Gasteiger partial charge in [0.1, 0.15) is 17.9 Å². The largest absolute Gasteiger partial charge is 0.481 e. The van der Waals surface area contributed by atoms with Crippen LogP contribution in [0.4, 0.5) is 11.6 Å². The zero-order valence-electron chi connectivity index (χ0n) is 54.6. The minimum atomic E-state index is -0.845. The number of anilines is 2. The van der Waals surface area contributed by atoms with Crippen LogP contribution in [0.15, 0.2) is 60.7 Å². The van der Waals surface area contributed by atoms with Crippen molar-refractivity contribution in [2.75, 3.05) is 43.1 Å². The number of aldehydes is 1. The first-order valence-corrected chi connectivity index (χ1v) is 33.3. The maximum atomic E-state index is 11.9. The number of carbonyl (C=O) groups is 2. The number of aliphatic hydroxyl groups excluding tert-OH is 1. The summed E-state index contributed by atoms with van der Waals surface area (Å²) in [5, 5.41) is 46.2. The highest BCUT2D eigenvalue weighted by Gasteiger charge is 2.35. The molecule has 2 saturated heterocycles. The molecule has 0 amide bonds. The molecule has 18 heteroatoms. The summed E-state index contributed by atoms with van der Waals surface area (Å²) in [7, 11) is 1.00. The maximum absolute atomic E-state index is 11.9. The Hall–Kier alpha value is -6.44. The van der Waals surface area contributed by atoms with E-state index in [9.17, 15) is 14.7 Å². The van der Waals surface area contributed by atoms with Crippen molar-refractivity contribution in [3.05, 3.63) is 103 Å². The van der Waals surface area contributed by atoms with Gasteiger partial charge in [-0.1, -0.05) is 82.3 Å². The van der Waals surface area contributed by atoms with Gasteiger partial charge in [-0.15, -0.1) is 22.7 Å². The number of nitrogens with zero attached hydrogens (tertiary/aromatic N) is 10. The van der Waals surface area contributed by atoms with Crippen molar-refractivity contribution in [2.45, 2.75) is 203 Å². The van der Waals surface area contributed by atoms with Gasteiger partial charge in [0, 0.05) is 106 Å². The minimum Gasteiger partial charge on any atom is -0.481 e. The number of aliphatic hydroxyl groups is 3. The van der Waals surface area contributed by atoms with Crippen molar-refractivity contribution in [2.24, 2.45) is 10.8 Å². The summed E-state index contributed by atoms with van der Waals surface area (Å²) in [4.78, 5) is 50.7. The molecule has 0 saturated carbocycles. The molecule has 6 aliphatic heterocycles. The van der Waals surface area contributed by atoms with Gasteiger partial charge in [0.05, 0.1) is 50.4 Å². The highest BCUT2D eigenvalue weighted by Crippen LogP contribution is 2.43.